The van der Waals surface area contributed by atoms with Gasteiger partial charge >= 0.3 is 0 Å². The molecule has 0 aliphatic carbocycles. The first kappa shape index (κ1) is 9.63. The molecule has 0 rings (SSSR count). The predicted molar refractivity (Wildman–Crippen MR) is 45.8 cm³/mol. The van der Waals surface area contributed by atoms with E-state index in [-0.39, 0.29) is 5.54 Å². The van der Waals surface area contributed by atoms with Gasteiger partial charge in [-0.15, -0.1) is 0 Å². The molecule has 0 aliphatic rings. The lowest BCUT2D eigenvalue weighted by atomic mass is 10.00. The van der Waals surface area contributed by atoms with Gasteiger partial charge in [0.25, 0.3) is 0 Å². The SMILES string of the molecule is CCCNC(C)(C)C(C)=N. The van der Waals surface area contributed by atoms with Crippen LogP contribution >= 0.6 is 0 Å². The maximum Gasteiger partial charge on any atom is 0.0501 e. The van der Waals surface area contributed by atoms with Gasteiger partial charge in [-0.1, -0.05) is 6.92 Å². The van der Waals surface area contributed by atoms with Crippen LogP contribution in [-0.2, 0) is 0 Å². The smallest absolute Gasteiger partial charge is 0.0501 e. The zero-order valence-corrected chi connectivity index (χ0v) is 7.41. The summed E-state index contributed by atoms with van der Waals surface area (Å²) < 4.78 is 0. The molecule has 2 nitrogen and oxygen atoms in total. The third-order valence-corrected chi connectivity index (χ3v) is 1.75. The molecule has 60 valence electrons. The first-order chi connectivity index (χ1) is 4.50. The maximum atomic E-state index is 7.41. The molecule has 0 fully saturated rings. The lowest BCUT2D eigenvalue weighted by Crippen LogP contribution is -2.45. The molecule has 0 heterocycles. The fourth-order valence-electron chi connectivity index (χ4n) is 0.570. The van der Waals surface area contributed by atoms with Crippen molar-refractivity contribution in [2.45, 2.75) is 39.7 Å². The van der Waals surface area contributed by atoms with E-state index in [2.05, 4.69) is 12.2 Å². The molecule has 0 saturated carbocycles. The van der Waals surface area contributed by atoms with Crippen molar-refractivity contribution in [3.05, 3.63) is 0 Å². The molecule has 10 heavy (non-hydrogen) atoms. The van der Waals surface area contributed by atoms with Crippen molar-refractivity contribution < 1.29 is 0 Å². The molecule has 0 aromatic heterocycles. The Morgan fingerprint density at radius 1 is 1.50 bits per heavy atom. The zero-order chi connectivity index (χ0) is 8.20. The number of hydrogen-bond donors (Lipinski definition) is 2. The van der Waals surface area contributed by atoms with Crippen LogP contribution < -0.4 is 5.32 Å². The second kappa shape index (κ2) is 3.71. The van der Waals surface area contributed by atoms with Gasteiger partial charge in [-0.05, 0) is 33.7 Å². The monoisotopic (exact) mass is 142 g/mol. The van der Waals surface area contributed by atoms with E-state index in [1.807, 2.05) is 20.8 Å². The van der Waals surface area contributed by atoms with Gasteiger partial charge < -0.3 is 10.7 Å². The Morgan fingerprint density at radius 2 is 2.00 bits per heavy atom. The molecule has 0 radical (unpaired) electrons. The van der Waals surface area contributed by atoms with Crippen LogP contribution in [0.15, 0.2) is 0 Å². The van der Waals surface area contributed by atoms with Crippen molar-refractivity contribution in [1.29, 1.82) is 5.41 Å². The standard InChI is InChI=1S/C8H18N2/c1-5-6-10-8(3,4)7(2)9/h9-10H,5-6H2,1-4H3. The van der Waals surface area contributed by atoms with Gasteiger partial charge in [0.05, 0.1) is 5.54 Å². The van der Waals surface area contributed by atoms with Gasteiger partial charge in [0, 0.05) is 5.71 Å². The molecule has 0 atom stereocenters. The largest absolute Gasteiger partial charge is 0.308 e. The van der Waals surface area contributed by atoms with Crippen LogP contribution in [0.4, 0.5) is 0 Å². The van der Waals surface area contributed by atoms with Gasteiger partial charge in [0.15, 0.2) is 0 Å². The molecule has 2 heteroatoms. The molecule has 2 N–H and O–H groups in total. The van der Waals surface area contributed by atoms with Crippen molar-refractivity contribution in [2.75, 3.05) is 6.54 Å². The van der Waals surface area contributed by atoms with Crippen LogP contribution in [0.5, 0.6) is 0 Å². The lowest BCUT2D eigenvalue weighted by Gasteiger charge is -2.24. The predicted octanol–water partition coefficient (Wildman–Crippen LogP) is 1.80. The fourth-order valence-corrected chi connectivity index (χ4v) is 0.570. The molecular formula is C8H18N2. The Hall–Kier alpha value is -0.370. The van der Waals surface area contributed by atoms with Gasteiger partial charge in [-0.25, -0.2) is 0 Å². The lowest BCUT2D eigenvalue weighted by molar-refractivity contribution is 0.500. The van der Waals surface area contributed by atoms with E-state index in [4.69, 9.17) is 5.41 Å². The number of rotatable bonds is 4. The van der Waals surface area contributed by atoms with Crippen molar-refractivity contribution in [3.8, 4) is 0 Å². The average molecular weight is 142 g/mol. The van der Waals surface area contributed by atoms with E-state index in [1.54, 1.807) is 0 Å². The van der Waals surface area contributed by atoms with E-state index in [0.717, 1.165) is 13.0 Å². The normalized spacial score (nSPS) is 11.6. The van der Waals surface area contributed by atoms with Crippen LogP contribution in [0.2, 0.25) is 0 Å². The summed E-state index contributed by atoms with van der Waals surface area (Å²) in [5.41, 5.74) is 0.580. The second-order valence-corrected chi connectivity index (χ2v) is 3.18. The third-order valence-electron chi connectivity index (χ3n) is 1.75. The van der Waals surface area contributed by atoms with E-state index in [0.29, 0.717) is 5.71 Å². The highest BCUT2D eigenvalue weighted by molar-refractivity contribution is 5.87. The molecule has 0 amide bonds. The topological polar surface area (TPSA) is 35.9 Å². The maximum absolute atomic E-state index is 7.41. The molecule has 0 aromatic rings. The third kappa shape index (κ3) is 2.97. The van der Waals surface area contributed by atoms with Gasteiger partial charge in [0.2, 0.25) is 0 Å². The summed E-state index contributed by atoms with van der Waals surface area (Å²) in [7, 11) is 0. The van der Waals surface area contributed by atoms with Crippen LogP contribution in [0, 0.1) is 5.41 Å². The van der Waals surface area contributed by atoms with Crippen molar-refractivity contribution in [2.24, 2.45) is 0 Å². The minimum atomic E-state index is -0.115. The Bertz CT molecular complexity index is 116. The minimum absolute atomic E-state index is 0.115. The van der Waals surface area contributed by atoms with E-state index < -0.39 is 0 Å². The van der Waals surface area contributed by atoms with Gasteiger partial charge in [-0.2, -0.15) is 0 Å². The summed E-state index contributed by atoms with van der Waals surface area (Å²) in [4.78, 5) is 0. The minimum Gasteiger partial charge on any atom is -0.308 e. The summed E-state index contributed by atoms with van der Waals surface area (Å²) in [5, 5.41) is 10.7. The number of hydrogen-bond acceptors (Lipinski definition) is 2. The first-order valence-corrected chi connectivity index (χ1v) is 3.81. The molecule has 0 saturated heterocycles. The van der Waals surface area contributed by atoms with E-state index >= 15 is 0 Å². The first-order valence-electron chi connectivity index (χ1n) is 3.81. The molecular weight excluding hydrogens is 124 g/mol. The highest BCUT2D eigenvalue weighted by atomic mass is 15.0. The molecule has 0 aromatic carbocycles. The zero-order valence-electron chi connectivity index (χ0n) is 7.41. The fraction of sp³-hybridized carbons (Fsp3) is 0.875. The Morgan fingerprint density at radius 3 is 2.30 bits per heavy atom. The summed E-state index contributed by atoms with van der Waals surface area (Å²) >= 11 is 0. The molecule has 0 unspecified atom stereocenters. The Labute approximate surface area is 63.5 Å². The molecule has 0 bridgehead atoms. The van der Waals surface area contributed by atoms with Gasteiger partial charge in [0.1, 0.15) is 0 Å². The second-order valence-electron chi connectivity index (χ2n) is 3.18. The quantitative estimate of drug-likeness (QED) is 0.577. The van der Waals surface area contributed by atoms with Crippen molar-refractivity contribution >= 4 is 5.71 Å². The highest BCUT2D eigenvalue weighted by Crippen LogP contribution is 2.02. The van der Waals surface area contributed by atoms with Crippen molar-refractivity contribution in [1.82, 2.24) is 5.32 Å². The van der Waals surface area contributed by atoms with Crippen LogP contribution in [0.3, 0.4) is 0 Å². The summed E-state index contributed by atoms with van der Waals surface area (Å²) in [5.74, 6) is 0. The highest BCUT2D eigenvalue weighted by Gasteiger charge is 2.17. The van der Waals surface area contributed by atoms with E-state index in [9.17, 15) is 0 Å². The number of nitrogens with one attached hydrogen (secondary N) is 2. The van der Waals surface area contributed by atoms with Crippen LogP contribution in [0.1, 0.15) is 34.1 Å². The van der Waals surface area contributed by atoms with E-state index in [1.165, 1.54) is 0 Å². The van der Waals surface area contributed by atoms with Crippen molar-refractivity contribution in [3.63, 3.8) is 0 Å². The molecule has 0 spiro atoms. The summed E-state index contributed by atoms with van der Waals surface area (Å²) in [6, 6.07) is 0. The van der Waals surface area contributed by atoms with Crippen LogP contribution in [0.25, 0.3) is 0 Å². The summed E-state index contributed by atoms with van der Waals surface area (Å²) in [6.07, 6.45) is 1.12. The van der Waals surface area contributed by atoms with Gasteiger partial charge in [-0.3, -0.25) is 0 Å². The average Bonchev–Trinajstić information content (AvgIpc) is 1.84. The Balaban J connectivity index is 3.75. The Kier molecular flexibility index (Phi) is 3.58. The molecule has 0 aliphatic heterocycles. The summed E-state index contributed by atoms with van der Waals surface area (Å²) in [6.45, 7) is 9.02. The van der Waals surface area contributed by atoms with Crippen LogP contribution in [-0.4, -0.2) is 17.8 Å².